The van der Waals surface area contributed by atoms with E-state index in [-0.39, 0.29) is 5.91 Å². The highest BCUT2D eigenvalue weighted by Gasteiger charge is 2.06. The largest absolute Gasteiger partial charge is 0.322 e. The molecule has 0 aliphatic rings. The minimum Gasteiger partial charge on any atom is -0.322 e. The van der Waals surface area contributed by atoms with Crippen molar-refractivity contribution in [1.82, 2.24) is 0 Å². The summed E-state index contributed by atoms with van der Waals surface area (Å²) in [4.78, 5) is 11.9. The van der Waals surface area contributed by atoms with Crippen LogP contribution in [-0.2, 0) is 0 Å². The van der Waals surface area contributed by atoms with Crippen LogP contribution in [0.3, 0.4) is 0 Å². The van der Waals surface area contributed by atoms with E-state index in [0.717, 1.165) is 8.95 Å². The van der Waals surface area contributed by atoms with Crippen LogP contribution >= 0.6 is 43.5 Å². The minimum atomic E-state index is -0.156. The van der Waals surface area contributed by atoms with Crippen molar-refractivity contribution < 1.29 is 4.79 Å². The lowest BCUT2D eigenvalue weighted by atomic mass is 10.2. The molecule has 1 N–H and O–H groups in total. The highest BCUT2D eigenvalue weighted by atomic mass is 79.9. The SMILES string of the molecule is O=C(Nc1ccc(Cl)c(Br)c1)c1ccc(Br)cc1. The third-order valence-corrected chi connectivity index (χ3v) is 4.03. The zero-order valence-electron chi connectivity index (χ0n) is 9.08. The van der Waals surface area contributed by atoms with Gasteiger partial charge in [-0.05, 0) is 58.4 Å². The van der Waals surface area contributed by atoms with E-state index in [9.17, 15) is 4.79 Å². The van der Waals surface area contributed by atoms with Gasteiger partial charge in [0.1, 0.15) is 0 Å². The molecular weight excluding hydrogens is 381 g/mol. The Morgan fingerprint density at radius 1 is 1.06 bits per heavy atom. The fourth-order valence-electron chi connectivity index (χ4n) is 1.38. The van der Waals surface area contributed by atoms with Crippen LogP contribution in [-0.4, -0.2) is 5.91 Å². The second-order valence-corrected chi connectivity index (χ2v) is 5.77. The van der Waals surface area contributed by atoms with Crippen LogP contribution in [0.4, 0.5) is 5.69 Å². The number of halogens is 3. The number of amides is 1. The van der Waals surface area contributed by atoms with E-state index in [4.69, 9.17) is 11.6 Å². The molecule has 0 aromatic heterocycles. The lowest BCUT2D eigenvalue weighted by Gasteiger charge is -2.06. The van der Waals surface area contributed by atoms with E-state index in [1.807, 2.05) is 12.1 Å². The number of rotatable bonds is 2. The average Bonchev–Trinajstić information content (AvgIpc) is 2.34. The summed E-state index contributed by atoms with van der Waals surface area (Å²) >= 11 is 12.5. The fourth-order valence-corrected chi connectivity index (χ4v) is 2.14. The Morgan fingerprint density at radius 2 is 1.72 bits per heavy atom. The second kappa shape index (κ2) is 5.87. The summed E-state index contributed by atoms with van der Waals surface area (Å²) in [5, 5.41) is 3.41. The van der Waals surface area contributed by atoms with Gasteiger partial charge in [0.25, 0.3) is 5.91 Å². The van der Waals surface area contributed by atoms with E-state index >= 15 is 0 Å². The van der Waals surface area contributed by atoms with Crippen molar-refractivity contribution in [3.8, 4) is 0 Å². The smallest absolute Gasteiger partial charge is 0.255 e. The highest BCUT2D eigenvalue weighted by Crippen LogP contribution is 2.25. The van der Waals surface area contributed by atoms with Gasteiger partial charge in [-0.1, -0.05) is 27.5 Å². The molecular formula is C13H8Br2ClNO. The molecule has 2 aromatic carbocycles. The highest BCUT2D eigenvalue weighted by molar-refractivity contribution is 9.10. The molecule has 18 heavy (non-hydrogen) atoms. The number of anilines is 1. The Morgan fingerprint density at radius 3 is 2.33 bits per heavy atom. The molecule has 2 nitrogen and oxygen atoms in total. The number of hydrogen-bond acceptors (Lipinski definition) is 1. The molecule has 0 spiro atoms. The normalized spacial score (nSPS) is 10.2. The molecule has 0 saturated carbocycles. The second-order valence-electron chi connectivity index (χ2n) is 3.59. The average molecular weight is 389 g/mol. The molecule has 2 aromatic rings. The van der Waals surface area contributed by atoms with E-state index < -0.39 is 0 Å². The Labute approximate surface area is 127 Å². The van der Waals surface area contributed by atoms with Crippen molar-refractivity contribution in [3.05, 3.63) is 62.0 Å². The maximum Gasteiger partial charge on any atom is 0.255 e. The number of carbonyl (C=O) groups is 1. The zero-order chi connectivity index (χ0) is 13.1. The predicted octanol–water partition coefficient (Wildman–Crippen LogP) is 5.12. The summed E-state index contributed by atoms with van der Waals surface area (Å²) in [5.41, 5.74) is 1.29. The van der Waals surface area contributed by atoms with Gasteiger partial charge in [0, 0.05) is 20.2 Å². The summed E-state index contributed by atoms with van der Waals surface area (Å²) in [5.74, 6) is -0.156. The van der Waals surface area contributed by atoms with Crippen molar-refractivity contribution >= 4 is 55.1 Å². The van der Waals surface area contributed by atoms with E-state index in [2.05, 4.69) is 37.2 Å². The van der Waals surface area contributed by atoms with Gasteiger partial charge in [-0.25, -0.2) is 0 Å². The van der Waals surface area contributed by atoms with Crippen LogP contribution < -0.4 is 5.32 Å². The molecule has 2 rings (SSSR count). The first kappa shape index (κ1) is 13.6. The van der Waals surface area contributed by atoms with Crippen LogP contribution in [0.15, 0.2) is 51.4 Å². The predicted molar refractivity (Wildman–Crippen MR) is 81.2 cm³/mol. The maximum absolute atomic E-state index is 11.9. The molecule has 5 heteroatoms. The summed E-state index contributed by atoms with van der Waals surface area (Å²) in [6.07, 6.45) is 0. The van der Waals surface area contributed by atoms with Crippen molar-refractivity contribution in [1.29, 1.82) is 0 Å². The van der Waals surface area contributed by atoms with Gasteiger partial charge >= 0.3 is 0 Å². The molecule has 92 valence electrons. The van der Waals surface area contributed by atoms with Gasteiger partial charge in [0.2, 0.25) is 0 Å². The van der Waals surface area contributed by atoms with Gasteiger partial charge in [-0.2, -0.15) is 0 Å². The van der Waals surface area contributed by atoms with Crippen molar-refractivity contribution in [2.45, 2.75) is 0 Å². The molecule has 0 heterocycles. The van der Waals surface area contributed by atoms with Crippen LogP contribution in [0.5, 0.6) is 0 Å². The third-order valence-electron chi connectivity index (χ3n) is 2.28. The van der Waals surface area contributed by atoms with Crippen molar-refractivity contribution in [2.75, 3.05) is 5.32 Å². The van der Waals surface area contributed by atoms with Gasteiger partial charge in [-0.3, -0.25) is 4.79 Å². The quantitative estimate of drug-likeness (QED) is 0.759. The number of nitrogens with one attached hydrogen (secondary N) is 1. The van der Waals surface area contributed by atoms with Gasteiger partial charge in [0.05, 0.1) is 5.02 Å². The summed E-state index contributed by atoms with van der Waals surface area (Å²) in [6, 6.07) is 12.4. The monoisotopic (exact) mass is 387 g/mol. The van der Waals surface area contributed by atoms with E-state index in [1.165, 1.54) is 0 Å². The Balaban J connectivity index is 2.16. The van der Waals surface area contributed by atoms with Crippen LogP contribution in [0, 0.1) is 0 Å². The first-order valence-corrected chi connectivity index (χ1v) is 7.04. The molecule has 0 aliphatic carbocycles. The number of benzene rings is 2. The number of hydrogen-bond donors (Lipinski definition) is 1. The first-order valence-electron chi connectivity index (χ1n) is 5.08. The van der Waals surface area contributed by atoms with E-state index in [0.29, 0.717) is 16.3 Å². The molecule has 0 unspecified atom stereocenters. The molecule has 0 atom stereocenters. The Hall–Kier alpha value is -0.840. The molecule has 1 amide bonds. The van der Waals surface area contributed by atoms with Crippen LogP contribution in [0.25, 0.3) is 0 Å². The van der Waals surface area contributed by atoms with Crippen LogP contribution in [0.2, 0.25) is 5.02 Å². The lowest BCUT2D eigenvalue weighted by molar-refractivity contribution is 0.102. The summed E-state index contributed by atoms with van der Waals surface area (Å²) in [6.45, 7) is 0. The number of carbonyl (C=O) groups excluding carboxylic acids is 1. The topological polar surface area (TPSA) is 29.1 Å². The van der Waals surface area contributed by atoms with Gasteiger partial charge in [-0.15, -0.1) is 0 Å². The third kappa shape index (κ3) is 3.34. The van der Waals surface area contributed by atoms with Crippen LogP contribution in [0.1, 0.15) is 10.4 Å². The van der Waals surface area contributed by atoms with Gasteiger partial charge in [0.15, 0.2) is 0 Å². The summed E-state index contributed by atoms with van der Waals surface area (Å²) < 4.78 is 1.69. The van der Waals surface area contributed by atoms with Gasteiger partial charge < -0.3 is 5.32 Å². The van der Waals surface area contributed by atoms with Crippen molar-refractivity contribution in [3.63, 3.8) is 0 Å². The Kier molecular flexibility index (Phi) is 4.43. The minimum absolute atomic E-state index is 0.156. The zero-order valence-corrected chi connectivity index (χ0v) is 13.0. The fraction of sp³-hybridized carbons (Fsp3) is 0. The summed E-state index contributed by atoms with van der Waals surface area (Å²) in [7, 11) is 0. The van der Waals surface area contributed by atoms with Crippen molar-refractivity contribution in [2.24, 2.45) is 0 Å². The standard InChI is InChI=1S/C13H8Br2ClNO/c14-9-3-1-8(2-4-9)13(18)17-10-5-6-12(16)11(15)7-10/h1-7H,(H,17,18). The molecule has 0 aliphatic heterocycles. The maximum atomic E-state index is 11.9. The molecule has 0 saturated heterocycles. The lowest BCUT2D eigenvalue weighted by Crippen LogP contribution is -2.11. The molecule has 0 fully saturated rings. The van der Waals surface area contributed by atoms with E-state index in [1.54, 1.807) is 30.3 Å². The molecule has 0 bridgehead atoms. The first-order chi connectivity index (χ1) is 8.56. The Bertz CT molecular complexity index is 584. The molecule has 0 radical (unpaired) electrons.